The van der Waals surface area contributed by atoms with E-state index in [9.17, 15) is 9.59 Å². The van der Waals surface area contributed by atoms with Crippen LogP contribution in [-0.2, 0) is 4.74 Å². The van der Waals surface area contributed by atoms with Crippen molar-refractivity contribution in [3.63, 3.8) is 0 Å². The Labute approximate surface area is 230 Å². The summed E-state index contributed by atoms with van der Waals surface area (Å²) in [6, 6.07) is 11.9. The molecule has 1 aliphatic rings. The number of nitrogens with zero attached hydrogens (tertiary/aromatic N) is 7. The van der Waals surface area contributed by atoms with Crippen LogP contribution in [0.5, 0.6) is 0 Å². The number of pyridine rings is 1. The molecule has 12 nitrogen and oxygen atoms in total. The molecule has 2 amide bonds. The van der Waals surface area contributed by atoms with Crippen molar-refractivity contribution in [1.82, 2.24) is 29.6 Å². The summed E-state index contributed by atoms with van der Waals surface area (Å²) in [5.74, 6) is 0.212. The Morgan fingerprint density at radius 3 is 2.65 bits per heavy atom. The third-order valence-electron chi connectivity index (χ3n) is 6.46. The maximum atomic E-state index is 12.8. The third kappa shape index (κ3) is 5.54. The Morgan fingerprint density at radius 1 is 1.15 bits per heavy atom. The molecule has 5 rings (SSSR count). The summed E-state index contributed by atoms with van der Waals surface area (Å²) >= 11 is 0. The highest BCUT2D eigenvalue weighted by Crippen LogP contribution is 2.34. The first-order valence-corrected chi connectivity index (χ1v) is 12.9. The first-order chi connectivity index (χ1) is 19.1. The molecule has 1 atom stereocenters. The largest absolute Gasteiger partial charge is 0.444 e. The zero-order chi connectivity index (χ0) is 28.4. The van der Waals surface area contributed by atoms with Gasteiger partial charge in [-0.15, -0.1) is 0 Å². The van der Waals surface area contributed by atoms with Gasteiger partial charge in [0.05, 0.1) is 23.1 Å². The number of rotatable bonds is 4. The van der Waals surface area contributed by atoms with Crippen molar-refractivity contribution >= 4 is 34.7 Å². The molecule has 0 radical (unpaired) electrons. The Hall–Kier alpha value is -5.05. The molecule has 0 saturated carbocycles. The van der Waals surface area contributed by atoms with E-state index in [2.05, 4.69) is 20.3 Å². The Kier molecular flexibility index (Phi) is 7.04. The SMILES string of the molecule is CC(C)(C)OC(=O)N1CCC[C@@H](n2nc(-c3ccc(C(=O)Nc4cc(C#N)ccn4)cc3)c3c(N)ncnc32)C1. The van der Waals surface area contributed by atoms with Crippen LogP contribution in [-0.4, -0.2) is 60.3 Å². The van der Waals surface area contributed by atoms with Gasteiger partial charge in [-0.2, -0.15) is 10.4 Å². The normalized spacial score (nSPS) is 15.4. The number of piperidine rings is 1. The van der Waals surface area contributed by atoms with Gasteiger partial charge in [-0.1, -0.05) is 12.1 Å². The van der Waals surface area contributed by atoms with E-state index >= 15 is 0 Å². The lowest BCUT2D eigenvalue weighted by Gasteiger charge is -2.34. The maximum absolute atomic E-state index is 12.8. The number of amides is 2. The topological polar surface area (TPSA) is 165 Å². The first-order valence-electron chi connectivity index (χ1n) is 12.9. The molecule has 1 aliphatic heterocycles. The van der Waals surface area contributed by atoms with Crippen LogP contribution in [0.25, 0.3) is 22.3 Å². The number of nitrogens with one attached hydrogen (secondary N) is 1. The molecule has 0 spiro atoms. The van der Waals surface area contributed by atoms with Crippen LogP contribution in [0.2, 0.25) is 0 Å². The fourth-order valence-corrected chi connectivity index (χ4v) is 4.64. The highest BCUT2D eigenvalue weighted by molar-refractivity contribution is 6.04. The molecule has 0 aliphatic carbocycles. The van der Waals surface area contributed by atoms with Gasteiger partial charge in [0, 0.05) is 30.4 Å². The van der Waals surface area contributed by atoms with Gasteiger partial charge >= 0.3 is 6.09 Å². The predicted molar refractivity (Wildman–Crippen MR) is 148 cm³/mol. The highest BCUT2D eigenvalue weighted by Gasteiger charge is 2.31. The minimum atomic E-state index is -0.586. The fourth-order valence-electron chi connectivity index (χ4n) is 4.64. The van der Waals surface area contributed by atoms with Crippen LogP contribution in [0.4, 0.5) is 16.4 Å². The molecule has 3 N–H and O–H groups in total. The molecule has 204 valence electrons. The van der Waals surface area contributed by atoms with Gasteiger partial charge in [0.15, 0.2) is 5.65 Å². The summed E-state index contributed by atoms with van der Waals surface area (Å²) in [4.78, 5) is 40.0. The average molecular weight is 540 g/mol. The quantitative estimate of drug-likeness (QED) is 0.387. The summed E-state index contributed by atoms with van der Waals surface area (Å²) in [6.45, 7) is 6.57. The van der Waals surface area contributed by atoms with E-state index in [4.69, 9.17) is 20.8 Å². The van der Waals surface area contributed by atoms with Gasteiger partial charge in [0.25, 0.3) is 5.91 Å². The lowest BCUT2D eigenvalue weighted by molar-refractivity contribution is 0.0169. The number of hydrogen-bond donors (Lipinski definition) is 2. The number of nitrogens with two attached hydrogens (primary N) is 1. The average Bonchev–Trinajstić information content (AvgIpc) is 3.33. The van der Waals surface area contributed by atoms with E-state index in [0.29, 0.717) is 40.9 Å². The van der Waals surface area contributed by atoms with Crippen LogP contribution in [0.1, 0.15) is 55.6 Å². The second-order valence-corrected chi connectivity index (χ2v) is 10.5. The summed E-state index contributed by atoms with van der Waals surface area (Å²) in [6.07, 6.45) is 4.10. The minimum Gasteiger partial charge on any atom is -0.444 e. The zero-order valence-corrected chi connectivity index (χ0v) is 22.5. The van der Waals surface area contributed by atoms with Crippen LogP contribution in [0, 0.1) is 11.3 Å². The number of benzene rings is 1. The van der Waals surface area contributed by atoms with Crippen LogP contribution in [0.15, 0.2) is 48.9 Å². The number of nitriles is 1. The standard InChI is InChI=1S/C28H29N9O3/c1-28(2,3)40-27(39)36-12-4-5-20(15-36)37-25-22(24(30)32-16-33-25)23(35-37)18-6-8-19(9-7-18)26(38)34-21-13-17(14-29)10-11-31-21/h6-11,13,16,20H,4-5,12,15H2,1-3H3,(H2,30,32,33)(H,31,34,38)/t20-/m1/s1. The fraction of sp³-hybridized carbons (Fsp3) is 0.321. The van der Waals surface area contributed by atoms with E-state index in [0.717, 1.165) is 18.4 Å². The van der Waals surface area contributed by atoms with E-state index in [1.807, 2.05) is 31.5 Å². The van der Waals surface area contributed by atoms with Crippen molar-refractivity contribution < 1.29 is 14.3 Å². The molecule has 1 saturated heterocycles. The molecule has 4 heterocycles. The number of likely N-dealkylation sites (tertiary alicyclic amines) is 1. The lowest BCUT2D eigenvalue weighted by atomic mass is 10.1. The summed E-state index contributed by atoms with van der Waals surface area (Å²) in [5, 5.41) is 17.3. The van der Waals surface area contributed by atoms with E-state index < -0.39 is 5.60 Å². The molecule has 3 aromatic heterocycles. The summed E-state index contributed by atoms with van der Waals surface area (Å²) < 4.78 is 7.40. The van der Waals surface area contributed by atoms with Crippen LogP contribution < -0.4 is 11.1 Å². The Balaban J connectivity index is 1.42. The van der Waals surface area contributed by atoms with Crippen molar-refractivity contribution in [2.75, 3.05) is 24.1 Å². The molecule has 1 aromatic carbocycles. The van der Waals surface area contributed by atoms with Gasteiger partial charge < -0.3 is 20.7 Å². The van der Waals surface area contributed by atoms with Crippen molar-refractivity contribution in [3.05, 3.63) is 60.0 Å². The van der Waals surface area contributed by atoms with Gasteiger partial charge in [0.1, 0.15) is 29.3 Å². The molecular formula is C28H29N9O3. The number of carbonyl (C=O) groups is 2. The van der Waals surface area contributed by atoms with Crippen molar-refractivity contribution in [1.29, 1.82) is 5.26 Å². The summed E-state index contributed by atoms with van der Waals surface area (Å²) in [5.41, 5.74) is 8.39. The molecule has 4 aromatic rings. The molecule has 1 fully saturated rings. The van der Waals surface area contributed by atoms with Gasteiger partial charge in [-0.3, -0.25) is 4.79 Å². The van der Waals surface area contributed by atoms with Crippen molar-refractivity contribution in [2.24, 2.45) is 0 Å². The number of hydrogen-bond acceptors (Lipinski definition) is 9. The van der Waals surface area contributed by atoms with Gasteiger partial charge in [0.2, 0.25) is 0 Å². The predicted octanol–water partition coefficient (Wildman–Crippen LogP) is 4.17. The first kappa shape index (κ1) is 26.6. The zero-order valence-electron chi connectivity index (χ0n) is 22.5. The maximum Gasteiger partial charge on any atom is 0.410 e. The Morgan fingerprint density at radius 2 is 1.93 bits per heavy atom. The van der Waals surface area contributed by atoms with Crippen LogP contribution in [0.3, 0.4) is 0 Å². The smallest absolute Gasteiger partial charge is 0.410 e. The number of carbonyl (C=O) groups excluding carboxylic acids is 2. The summed E-state index contributed by atoms with van der Waals surface area (Å²) in [7, 11) is 0. The van der Waals surface area contributed by atoms with E-state index in [1.165, 1.54) is 18.6 Å². The number of nitrogen functional groups attached to an aromatic ring is 1. The van der Waals surface area contributed by atoms with Gasteiger partial charge in [-0.25, -0.2) is 24.4 Å². The van der Waals surface area contributed by atoms with Crippen LogP contribution >= 0.6 is 0 Å². The van der Waals surface area contributed by atoms with Crippen molar-refractivity contribution in [3.8, 4) is 17.3 Å². The molecule has 0 bridgehead atoms. The second kappa shape index (κ2) is 10.6. The monoisotopic (exact) mass is 539 g/mol. The lowest BCUT2D eigenvalue weighted by Crippen LogP contribution is -2.43. The minimum absolute atomic E-state index is 0.131. The number of anilines is 2. The molecular weight excluding hydrogens is 510 g/mol. The van der Waals surface area contributed by atoms with Gasteiger partial charge in [-0.05, 0) is 57.9 Å². The number of ether oxygens (including phenoxy) is 1. The number of aromatic nitrogens is 5. The molecule has 40 heavy (non-hydrogen) atoms. The van der Waals surface area contributed by atoms with E-state index in [1.54, 1.807) is 35.2 Å². The van der Waals surface area contributed by atoms with Crippen molar-refractivity contribution in [2.45, 2.75) is 45.3 Å². The second-order valence-electron chi connectivity index (χ2n) is 10.5. The number of fused-ring (bicyclic) bond motifs is 1. The molecule has 0 unspecified atom stereocenters. The third-order valence-corrected chi connectivity index (χ3v) is 6.46. The Bertz CT molecular complexity index is 1620. The van der Waals surface area contributed by atoms with E-state index in [-0.39, 0.29) is 29.7 Å². The molecule has 12 heteroatoms. The highest BCUT2D eigenvalue weighted by atomic mass is 16.6.